The molecular weight excluding hydrogens is 186 g/mol. The Hall–Kier alpha value is -1.18. The molecule has 1 aliphatic heterocycles. The zero-order valence-corrected chi connectivity index (χ0v) is 9.58. The van der Waals surface area contributed by atoms with Gasteiger partial charge in [0.15, 0.2) is 0 Å². The maximum atomic E-state index is 9.84. The summed E-state index contributed by atoms with van der Waals surface area (Å²) in [5.74, 6) is 0.469. The highest BCUT2D eigenvalue weighted by Crippen LogP contribution is 2.36. The van der Waals surface area contributed by atoms with E-state index in [9.17, 15) is 5.11 Å². The lowest BCUT2D eigenvalue weighted by Gasteiger charge is -2.33. The lowest BCUT2D eigenvalue weighted by Crippen LogP contribution is -2.30. The minimum Gasteiger partial charge on any atom is -0.508 e. The molecule has 0 spiro atoms. The van der Waals surface area contributed by atoms with Gasteiger partial charge in [-0.05, 0) is 37.8 Å². The van der Waals surface area contributed by atoms with Gasteiger partial charge in [-0.15, -0.1) is 0 Å². The molecule has 0 saturated carbocycles. The van der Waals surface area contributed by atoms with Crippen LogP contribution in [0.3, 0.4) is 0 Å². The molecule has 1 aliphatic rings. The normalized spacial score (nSPS) is 15.2. The second kappa shape index (κ2) is 4.13. The second-order valence-electron chi connectivity index (χ2n) is 4.32. The summed E-state index contributed by atoms with van der Waals surface area (Å²) in [5.41, 5.74) is 3.72. The number of hydrogen-bond acceptors (Lipinski definition) is 2. The Kier molecular flexibility index (Phi) is 2.85. The molecule has 1 N–H and O–H groups in total. The number of phenolic OH excluding ortho intramolecular Hbond substituents is 1. The molecule has 0 saturated heterocycles. The van der Waals surface area contributed by atoms with Gasteiger partial charge < -0.3 is 10.0 Å². The number of aryl methyl sites for hydroxylation is 1. The van der Waals surface area contributed by atoms with Gasteiger partial charge in [0, 0.05) is 24.3 Å². The fraction of sp³-hybridized carbons (Fsp3) is 0.538. The first kappa shape index (κ1) is 10.3. The van der Waals surface area contributed by atoms with E-state index in [-0.39, 0.29) is 0 Å². The van der Waals surface area contributed by atoms with E-state index in [0.29, 0.717) is 5.75 Å². The smallest absolute Gasteiger partial charge is 0.120 e. The van der Waals surface area contributed by atoms with Crippen LogP contribution < -0.4 is 4.90 Å². The first-order valence-electron chi connectivity index (χ1n) is 5.80. The number of aromatic hydroxyl groups is 1. The van der Waals surface area contributed by atoms with E-state index in [0.717, 1.165) is 37.9 Å². The second-order valence-corrected chi connectivity index (χ2v) is 4.32. The van der Waals surface area contributed by atoms with Crippen LogP contribution in [0.5, 0.6) is 5.75 Å². The number of hydrogen-bond donors (Lipinski definition) is 1. The van der Waals surface area contributed by atoms with E-state index in [2.05, 4.69) is 18.7 Å². The predicted molar refractivity (Wildman–Crippen MR) is 63.7 cm³/mol. The summed E-state index contributed by atoms with van der Waals surface area (Å²) in [7, 11) is 0. The SMILES string of the molecule is CCCN1CCCc2c(O)ccc(C)c21. The first-order valence-corrected chi connectivity index (χ1v) is 5.80. The Balaban J connectivity index is 2.45. The minimum absolute atomic E-state index is 0.469. The highest BCUT2D eigenvalue weighted by molar-refractivity contribution is 5.65. The van der Waals surface area contributed by atoms with Gasteiger partial charge in [0.2, 0.25) is 0 Å². The van der Waals surface area contributed by atoms with Gasteiger partial charge in [-0.3, -0.25) is 0 Å². The molecule has 0 unspecified atom stereocenters. The van der Waals surface area contributed by atoms with Crippen LogP contribution in [0.2, 0.25) is 0 Å². The van der Waals surface area contributed by atoms with E-state index < -0.39 is 0 Å². The van der Waals surface area contributed by atoms with Crippen molar-refractivity contribution in [3.8, 4) is 5.75 Å². The van der Waals surface area contributed by atoms with Crippen LogP contribution in [0, 0.1) is 6.92 Å². The summed E-state index contributed by atoms with van der Waals surface area (Å²) < 4.78 is 0. The lowest BCUT2D eigenvalue weighted by molar-refractivity contribution is 0.464. The van der Waals surface area contributed by atoms with E-state index in [1.807, 2.05) is 12.1 Å². The van der Waals surface area contributed by atoms with Crippen molar-refractivity contribution in [2.24, 2.45) is 0 Å². The van der Waals surface area contributed by atoms with Gasteiger partial charge in [0.1, 0.15) is 5.75 Å². The molecule has 2 heteroatoms. The van der Waals surface area contributed by atoms with Crippen molar-refractivity contribution >= 4 is 5.69 Å². The minimum atomic E-state index is 0.469. The number of rotatable bonds is 2. The van der Waals surface area contributed by atoms with E-state index in [1.54, 1.807) is 0 Å². The van der Waals surface area contributed by atoms with Gasteiger partial charge in [-0.2, -0.15) is 0 Å². The zero-order chi connectivity index (χ0) is 10.8. The van der Waals surface area contributed by atoms with E-state index >= 15 is 0 Å². The quantitative estimate of drug-likeness (QED) is 0.802. The number of phenols is 1. The lowest BCUT2D eigenvalue weighted by atomic mass is 9.97. The molecule has 0 amide bonds. The molecule has 0 aromatic heterocycles. The summed E-state index contributed by atoms with van der Waals surface area (Å²) in [6, 6.07) is 3.84. The maximum Gasteiger partial charge on any atom is 0.120 e. The average molecular weight is 205 g/mol. The van der Waals surface area contributed by atoms with Gasteiger partial charge in [-0.25, -0.2) is 0 Å². The molecule has 0 radical (unpaired) electrons. The molecule has 0 aliphatic carbocycles. The molecule has 2 nitrogen and oxygen atoms in total. The summed E-state index contributed by atoms with van der Waals surface area (Å²) in [6.45, 7) is 6.56. The average Bonchev–Trinajstić information content (AvgIpc) is 2.24. The van der Waals surface area contributed by atoms with Gasteiger partial charge in [0.05, 0.1) is 0 Å². The molecule has 15 heavy (non-hydrogen) atoms. The summed E-state index contributed by atoms with van der Waals surface area (Å²) >= 11 is 0. The number of anilines is 1. The summed E-state index contributed by atoms with van der Waals surface area (Å²) in [4.78, 5) is 2.41. The van der Waals surface area contributed by atoms with Crippen molar-refractivity contribution in [3.63, 3.8) is 0 Å². The van der Waals surface area contributed by atoms with Crippen LogP contribution in [-0.4, -0.2) is 18.2 Å². The van der Waals surface area contributed by atoms with Crippen LogP contribution >= 0.6 is 0 Å². The summed E-state index contributed by atoms with van der Waals surface area (Å²) in [5, 5.41) is 9.84. The van der Waals surface area contributed by atoms with Crippen molar-refractivity contribution in [1.82, 2.24) is 0 Å². The molecule has 1 heterocycles. The highest BCUT2D eigenvalue weighted by Gasteiger charge is 2.20. The van der Waals surface area contributed by atoms with E-state index in [1.165, 1.54) is 11.3 Å². The highest BCUT2D eigenvalue weighted by atomic mass is 16.3. The van der Waals surface area contributed by atoms with Crippen molar-refractivity contribution in [3.05, 3.63) is 23.3 Å². The largest absolute Gasteiger partial charge is 0.508 e. The zero-order valence-electron chi connectivity index (χ0n) is 9.58. The molecule has 0 atom stereocenters. The third-order valence-corrected chi connectivity index (χ3v) is 3.12. The van der Waals surface area contributed by atoms with Crippen molar-refractivity contribution in [1.29, 1.82) is 0 Å². The predicted octanol–water partition coefficient (Wildman–Crippen LogP) is 2.86. The Labute approximate surface area is 91.5 Å². The Morgan fingerprint density at radius 2 is 2.20 bits per heavy atom. The molecule has 0 bridgehead atoms. The van der Waals surface area contributed by atoms with Crippen molar-refractivity contribution in [2.45, 2.75) is 33.1 Å². The van der Waals surface area contributed by atoms with Crippen LogP contribution in [0.1, 0.15) is 30.9 Å². The van der Waals surface area contributed by atoms with Crippen molar-refractivity contribution in [2.75, 3.05) is 18.0 Å². The number of nitrogens with zero attached hydrogens (tertiary/aromatic N) is 1. The topological polar surface area (TPSA) is 23.5 Å². The monoisotopic (exact) mass is 205 g/mol. The number of fused-ring (bicyclic) bond motifs is 1. The third-order valence-electron chi connectivity index (χ3n) is 3.12. The fourth-order valence-electron chi connectivity index (χ4n) is 2.48. The Morgan fingerprint density at radius 3 is 2.93 bits per heavy atom. The van der Waals surface area contributed by atoms with Gasteiger partial charge >= 0.3 is 0 Å². The molecule has 82 valence electrons. The molecule has 0 fully saturated rings. The Bertz CT molecular complexity index is 360. The Morgan fingerprint density at radius 1 is 1.40 bits per heavy atom. The van der Waals surface area contributed by atoms with Crippen LogP contribution in [0.25, 0.3) is 0 Å². The van der Waals surface area contributed by atoms with Crippen molar-refractivity contribution < 1.29 is 5.11 Å². The molecular formula is C13H19NO. The van der Waals surface area contributed by atoms with E-state index in [4.69, 9.17) is 0 Å². The maximum absolute atomic E-state index is 9.84. The standard InChI is InChI=1S/C13H19NO/c1-3-8-14-9-4-5-11-12(15)7-6-10(2)13(11)14/h6-7,15H,3-5,8-9H2,1-2H3. The number of benzene rings is 1. The van der Waals surface area contributed by atoms with Crippen LogP contribution in [0.15, 0.2) is 12.1 Å². The molecule has 1 aromatic carbocycles. The van der Waals surface area contributed by atoms with Gasteiger partial charge in [0.25, 0.3) is 0 Å². The molecule has 2 rings (SSSR count). The first-order chi connectivity index (χ1) is 7.24. The third kappa shape index (κ3) is 1.81. The van der Waals surface area contributed by atoms with Gasteiger partial charge in [-0.1, -0.05) is 13.0 Å². The molecule has 1 aromatic rings. The summed E-state index contributed by atoms with van der Waals surface area (Å²) in [6.07, 6.45) is 3.33. The fourth-order valence-corrected chi connectivity index (χ4v) is 2.48. The van der Waals surface area contributed by atoms with Crippen LogP contribution in [0.4, 0.5) is 5.69 Å². The van der Waals surface area contributed by atoms with Crippen LogP contribution in [-0.2, 0) is 6.42 Å².